The summed E-state index contributed by atoms with van der Waals surface area (Å²) in [4.78, 5) is 29.0. The van der Waals surface area contributed by atoms with Crippen molar-refractivity contribution in [1.82, 2.24) is 4.90 Å². The Morgan fingerprint density at radius 2 is 1.77 bits per heavy atom. The van der Waals surface area contributed by atoms with E-state index in [-0.39, 0.29) is 18.5 Å². The lowest BCUT2D eigenvalue weighted by Crippen LogP contribution is -2.42. The Hall–Kier alpha value is -2.93. The van der Waals surface area contributed by atoms with E-state index in [0.717, 1.165) is 12.0 Å². The average Bonchev–Trinajstić information content (AvgIpc) is 3.16. The molecule has 3 rings (SSSR count). The van der Waals surface area contributed by atoms with Gasteiger partial charge in [0, 0.05) is 29.2 Å². The fraction of sp³-hybridized carbons (Fsp3) is 0.364. The van der Waals surface area contributed by atoms with Crippen LogP contribution in [0.15, 0.2) is 30.3 Å². The van der Waals surface area contributed by atoms with Crippen molar-refractivity contribution in [2.75, 3.05) is 39.4 Å². The first-order valence-electron chi connectivity index (χ1n) is 9.55. The number of anilines is 1. The number of aryl methyl sites for hydroxylation is 1. The van der Waals surface area contributed by atoms with Crippen molar-refractivity contribution in [1.29, 1.82) is 0 Å². The van der Waals surface area contributed by atoms with E-state index in [1.54, 1.807) is 23.1 Å². The van der Waals surface area contributed by atoms with Gasteiger partial charge in [-0.3, -0.25) is 14.5 Å². The van der Waals surface area contributed by atoms with Crippen molar-refractivity contribution >= 4 is 29.1 Å². The molecule has 1 heterocycles. The topological polar surface area (TPSA) is 68.3 Å². The minimum Gasteiger partial charge on any atom is -0.493 e. The minimum atomic E-state index is -0.311. The molecule has 2 aromatic rings. The van der Waals surface area contributed by atoms with Gasteiger partial charge >= 0.3 is 0 Å². The van der Waals surface area contributed by atoms with E-state index >= 15 is 0 Å². The minimum absolute atomic E-state index is 0.0240. The zero-order chi connectivity index (χ0) is 21.8. The van der Waals surface area contributed by atoms with Crippen LogP contribution in [0.2, 0.25) is 5.02 Å². The zero-order valence-corrected chi connectivity index (χ0v) is 18.3. The van der Waals surface area contributed by atoms with E-state index < -0.39 is 0 Å². The molecule has 2 aromatic carbocycles. The second-order valence-corrected chi connectivity index (χ2v) is 7.39. The van der Waals surface area contributed by atoms with Crippen LogP contribution >= 0.6 is 11.6 Å². The smallest absolute Gasteiger partial charge is 0.260 e. The quantitative estimate of drug-likeness (QED) is 0.663. The summed E-state index contributed by atoms with van der Waals surface area (Å²) >= 11 is 6.31. The highest BCUT2D eigenvalue weighted by atomic mass is 35.5. The summed E-state index contributed by atoms with van der Waals surface area (Å²) < 4.78 is 16.1. The van der Waals surface area contributed by atoms with Gasteiger partial charge in [-0.1, -0.05) is 17.7 Å². The van der Waals surface area contributed by atoms with E-state index in [1.807, 2.05) is 19.1 Å². The lowest BCUT2D eigenvalue weighted by atomic mass is 10.1. The summed E-state index contributed by atoms with van der Waals surface area (Å²) in [7, 11) is 4.49. The predicted molar refractivity (Wildman–Crippen MR) is 115 cm³/mol. The number of carbonyl (C=O) groups excluding carboxylic acids is 2. The largest absolute Gasteiger partial charge is 0.493 e. The molecule has 1 fully saturated rings. The molecule has 1 saturated heterocycles. The number of likely N-dealkylation sites (tertiary alicyclic amines) is 1. The van der Waals surface area contributed by atoms with Gasteiger partial charge in [-0.05, 0) is 43.2 Å². The van der Waals surface area contributed by atoms with E-state index in [2.05, 4.69) is 0 Å². The monoisotopic (exact) mass is 432 g/mol. The third kappa shape index (κ3) is 4.31. The SMILES string of the molecule is COc1cc(C(=O)N(CN2CCCC2=O)c2ccc(C)c(Cl)c2)cc(OC)c1OC. The number of rotatable bonds is 7. The molecule has 1 aliphatic heterocycles. The van der Waals surface area contributed by atoms with Gasteiger partial charge in [0.1, 0.15) is 6.67 Å². The van der Waals surface area contributed by atoms with Crippen LogP contribution in [0, 0.1) is 6.92 Å². The van der Waals surface area contributed by atoms with Crippen molar-refractivity contribution < 1.29 is 23.8 Å². The highest BCUT2D eigenvalue weighted by Crippen LogP contribution is 2.39. The molecular weight excluding hydrogens is 408 g/mol. The van der Waals surface area contributed by atoms with Crippen molar-refractivity contribution in [2.24, 2.45) is 0 Å². The maximum absolute atomic E-state index is 13.6. The second kappa shape index (κ2) is 9.26. The molecule has 7 nitrogen and oxygen atoms in total. The third-order valence-electron chi connectivity index (χ3n) is 5.11. The lowest BCUT2D eigenvalue weighted by molar-refractivity contribution is -0.127. The summed E-state index contributed by atoms with van der Waals surface area (Å²) in [5.74, 6) is 0.861. The summed E-state index contributed by atoms with van der Waals surface area (Å²) in [6.07, 6.45) is 1.26. The Kier molecular flexibility index (Phi) is 6.72. The van der Waals surface area contributed by atoms with Gasteiger partial charge in [0.2, 0.25) is 11.7 Å². The highest BCUT2D eigenvalue weighted by molar-refractivity contribution is 6.31. The van der Waals surface area contributed by atoms with Crippen LogP contribution in [0.3, 0.4) is 0 Å². The summed E-state index contributed by atoms with van der Waals surface area (Å²) in [5, 5.41) is 0.544. The molecule has 0 aromatic heterocycles. The lowest BCUT2D eigenvalue weighted by Gasteiger charge is -2.29. The van der Waals surface area contributed by atoms with Gasteiger partial charge in [0.05, 0.1) is 21.3 Å². The Balaban J connectivity index is 2.05. The third-order valence-corrected chi connectivity index (χ3v) is 5.51. The maximum atomic E-state index is 13.6. The fourth-order valence-corrected chi connectivity index (χ4v) is 3.57. The van der Waals surface area contributed by atoms with Gasteiger partial charge in [0.15, 0.2) is 11.5 Å². The van der Waals surface area contributed by atoms with Crippen molar-refractivity contribution in [3.63, 3.8) is 0 Å². The molecule has 8 heteroatoms. The number of carbonyl (C=O) groups is 2. The Morgan fingerprint density at radius 3 is 2.27 bits per heavy atom. The van der Waals surface area contributed by atoms with Gasteiger partial charge in [-0.25, -0.2) is 0 Å². The molecule has 0 radical (unpaired) electrons. The zero-order valence-electron chi connectivity index (χ0n) is 17.5. The van der Waals surface area contributed by atoms with Crippen LogP contribution < -0.4 is 19.1 Å². The Labute approximate surface area is 181 Å². The number of ether oxygens (including phenoxy) is 3. The van der Waals surface area contributed by atoms with Gasteiger partial charge in [-0.2, -0.15) is 0 Å². The number of benzene rings is 2. The molecule has 0 saturated carbocycles. The van der Waals surface area contributed by atoms with Crippen LogP contribution in [0.5, 0.6) is 17.2 Å². The van der Waals surface area contributed by atoms with Gasteiger partial charge in [-0.15, -0.1) is 0 Å². The van der Waals surface area contributed by atoms with Gasteiger partial charge in [0.25, 0.3) is 5.91 Å². The number of nitrogens with zero attached hydrogens (tertiary/aromatic N) is 2. The average molecular weight is 433 g/mol. The molecule has 0 unspecified atom stereocenters. The molecule has 30 heavy (non-hydrogen) atoms. The van der Waals surface area contributed by atoms with Crippen LogP contribution in [0.4, 0.5) is 5.69 Å². The molecular formula is C22H25ClN2O5. The summed E-state index contributed by atoms with van der Waals surface area (Å²) in [6.45, 7) is 2.63. The normalized spacial score (nSPS) is 13.4. The number of halogens is 1. The molecule has 0 aliphatic carbocycles. The Bertz CT molecular complexity index is 938. The van der Waals surface area contributed by atoms with E-state index in [9.17, 15) is 9.59 Å². The standard InChI is InChI=1S/C22H25ClN2O5/c1-14-7-8-16(12-17(14)23)25(13-24-9-5-6-20(24)26)22(27)15-10-18(28-2)21(30-4)19(11-15)29-3/h7-8,10-12H,5-6,9,13H2,1-4H3. The van der Waals surface area contributed by atoms with E-state index in [1.165, 1.54) is 26.2 Å². The first-order chi connectivity index (χ1) is 14.4. The molecule has 0 spiro atoms. The number of methoxy groups -OCH3 is 3. The van der Waals surface area contributed by atoms with Crippen molar-refractivity contribution in [3.05, 3.63) is 46.5 Å². The van der Waals surface area contributed by atoms with Crippen LogP contribution in [0.25, 0.3) is 0 Å². The van der Waals surface area contributed by atoms with Crippen molar-refractivity contribution in [3.8, 4) is 17.2 Å². The van der Waals surface area contributed by atoms with E-state index in [4.69, 9.17) is 25.8 Å². The molecule has 0 atom stereocenters. The second-order valence-electron chi connectivity index (χ2n) is 6.98. The molecule has 0 N–H and O–H groups in total. The summed E-state index contributed by atoms with van der Waals surface area (Å²) in [5.41, 5.74) is 1.84. The predicted octanol–water partition coefficient (Wildman–Crippen LogP) is 3.90. The first kappa shape index (κ1) is 21.8. The van der Waals surface area contributed by atoms with Crippen LogP contribution in [-0.4, -0.2) is 51.3 Å². The molecule has 2 amide bonds. The van der Waals surface area contributed by atoms with Crippen LogP contribution in [0.1, 0.15) is 28.8 Å². The number of hydrogen-bond donors (Lipinski definition) is 0. The molecule has 160 valence electrons. The maximum Gasteiger partial charge on any atom is 0.260 e. The molecule has 0 bridgehead atoms. The fourth-order valence-electron chi connectivity index (χ4n) is 3.40. The highest BCUT2D eigenvalue weighted by Gasteiger charge is 2.28. The van der Waals surface area contributed by atoms with Gasteiger partial charge < -0.3 is 19.1 Å². The van der Waals surface area contributed by atoms with E-state index in [0.29, 0.717) is 46.5 Å². The molecule has 1 aliphatic rings. The number of amides is 2. The Morgan fingerprint density at radius 1 is 1.10 bits per heavy atom. The first-order valence-corrected chi connectivity index (χ1v) is 9.93. The summed E-state index contributed by atoms with van der Waals surface area (Å²) in [6, 6.07) is 8.58. The van der Waals surface area contributed by atoms with Crippen LogP contribution in [-0.2, 0) is 4.79 Å². The number of hydrogen-bond acceptors (Lipinski definition) is 5. The van der Waals surface area contributed by atoms with Crippen molar-refractivity contribution in [2.45, 2.75) is 19.8 Å².